The number of benzene rings is 5. The number of hydrogen-bond donors (Lipinski definition) is 0. The van der Waals surface area contributed by atoms with Gasteiger partial charge < -0.3 is 0 Å². The van der Waals surface area contributed by atoms with Crippen molar-refractivity contribution in [3.8, 4) is 28.1 Å². The molecule has 5 aromatic carbocycles. The summed E-state index contributed by atoms with van der Waals surface area (Å²) in [6.45, 7) is 6.20. The van der Waals surface area contributed by atoms with Crippen molar-refractivity contribution in [2.75, 3.05) is 0 Å². The van der Waals surface area contributed by atoms with Gasteiger partial charge in [-0.15, -0.1) is 0 Å². The molecule has 0 saturated heterocycles. The summed E-state index contributed by atoms with van der Waals surface area (Å²) in [4.78, 5) is 9.37. The third kappa shape index (κ3) is 4.44. The highest BCUT2D eigenvalue weighted by Crippen LogP contribution is 2.42. The molecule has 8 aromatic rings. The number of nitrogens with zero attached hydrogens (tertiary/aromatic N) is 3. The van der Waals surface area contributed by atoms with E-state index < -0.39 is 0 Å². The lowest BCUT2D eigenvalue weighted by atomic mass is 9.85. The lowest BCUT2D eigenvalue weighted by Crippen LogP contribution is -1.97. The summed E-state index contributed by atoms with van der Waals surface area (Å²) in [5.74, 6) is 0.862. The Hall–Kier alpha value is -6.06. The third-order valence-electron chi connectivity index (χ3n) is 8.82. The predicted molar refractivity (Wildman–Crippen MR) is 195 cm³/mol. The minimum absolute atomic E-state index is 0.862. The summed E-state index contributed by atoms with van der Waals surface area (Å²) >= 11 is 0. The number of fused-ring (bicyclic) bond motifs is 5. The number of aromatic nitrogens is 3. The van der Waals surface area contributed by atoms with Crippen LogP contribution >= 0.6 is 0 Å². The summed E-state index contributed by atoms with van der Waals surface area (Å²) in [5.41, 5.74) is 9.10. The Morgan fingerprint density at radius 3 is 1.91 bits per heavy atom. The van der Waals surface area contributed by atoms with Crippen molar-refractivity contribution in [2.45, 2.75) is 6.92 Å². The van der Waals surface area contributed by atoms with Crippen LogP contribution in [0.3, 0.4) is 0 Å². The van der Waals surface area contributed by atoms with Gasteiger partial charge in [0.1, 0.15) is 11.5 Å². The van der Waals surface area contributed by atoms with Gasteiger partial charge in [0, 0.05) is 23.2 Å². The van der Waals surface area contributed by atoms with Crippen LogP contribution < -0.4 is 0 Å². The second-order valence-electron chi connectivity index (χ2n) is 11.4. The Kier molecular flexibility index (Phi) is 6.85. The zero-order chi connectivity index (χ0) is 31.0. The van der Waals surface area contributed by atoms with Crippen molar-refractivity contribution in [1.29, 1.82) is 0 Å². The van der Waals surface area contributed by atoms with E-state index in [0.717, 1.165) is 38.9 Å². The van der Waals surface area contributed by atoms with Crippen LogP contribution in [0.4, 0.5) is 0 Å². The molecule has 0 aliphatic carbocycles. The van der Waals surface area contributed by atoms with Crippen LogP contribution in [0, 0.1) is 0 Å². The van der Waals surface area contributed by atoms with Gasteiger partial charge in [-0.1, -0.05) is 116 Å². The van der Waals surface area contributed by atoms with Crippen LogP contribution in [0.2, 0.25) is 0 Å². The van der Waals surface area contributed by atoms with Gasteiger partial charge in [-0.05, 0) is 98.3 Å². The van der Waals surface area contributed by atoms with E-state index >= 15 is 0 Å². The van der Waals surface area contributed by atoms with Crippen molar-refractivity contribution in [2.24, 2.45) is 0 Å². The van der Waals surface area contributed by atoms with Gasteiger partial charge in [-0.3, -0.25) is 4.57 Å². The van der Waals surface area contributed by atoms with Crippen molar-refractivity contribution >= 4 is 49.1 Å². The molecule has 0 atom stereocenters. The summed E-state index contributed by atoms with van der Waals surface area (Å²) in [7, 11) is 0. The maximum Gasteiger partial charge on any atom is 0.146 e. The predicted octanol–water partition coefficient (Wildman–Crippen LogP) is 11.4. The van der Waals surface area contributed by atoms with Crippen molar-refractivity contribution < 1.29 is 0 Å². The van der Waals surface area contributed by atoms with E-state index in [1.165, 1.54) is 43.8 Å². The quantitative estimate of drug-likeness (QED) is 0.143. The number of hydrogen-bond acceptors (Lipinski definition) is 2. The maximum atomic E-state index is 4.74. The van der Waals surface area contributed by atoms with E-state index in [4.69, 9.17) is 4.98 Å². The molecule has 0 saturated carbocycles. The van der Waals surface area contributed by atoms with Gasteiger partial charge >= 0.3 is 0 Å². The highest BCUT2D eigenvalue weighted by Gasteiger charge is 2.18. The first-order valence-electron chi connectivity index (χ1n) is 15.6. The molecule has 0 bridgehead atoms. The van der Waals surface area contributed by atoms with E-state index in [1.807, 2.05) is 49.7 Å². The molecule has 46 heavy (non-hydrogen) atoms. The smallest absolute Gasteiger partial charge is 0.146 e. The Labute approximate surface area is 268 Å². The van der Waals surface area contributed by atoms with Crippen LogP contribution in [0.15, 0.2) is 165 Å². The highest BCUT2D eigenvalue weighted by molar-refractivity contribution is 6.19. The maximum absolute atomic E-state index is 4.74. The minimum Gasteiger partial charge on any atom is -0.278 e. The SMILES string of the molecule is C=C/C(=C\C=C/C)c1c2ccccc2c(-c2ccc(-c3ccc4c(c3)c3cccnc3n4-c3ccccn3)cc2)c2ccccc12. The first-order valence-corrected chi connectivity index (χ1v) is 15.6. The van der Waals surface area contributed by atoms with E-state index in [0.29, 0.717) is 0 Å². The van der Waals surface area contributed by atoms with Crippen molar-refractivity contribution in [1.82, 2.24) is 14.5 Å². The molecule has 0 fully saturated rings. The summed E-state index contributed by atoms with van der Waals surface area (Å²) < 4.78 is 2.14. The number of rotatable bonds is 6. The Balaban J connectivity index is 1.28. The molecule has 0 N–H and O–H groups in total. The van der Waals surface area contributed by atoms with E-state index in [9.17, 15) is 0 Å². The van der Waals surface area contributed by atoms with Crippen LogP contribution in [0.25, 0.3) is 77.1 Å². The minimum atomic E-state index is 0.862. The Bertz CT molecular complexity index is 2420. The van der Waals surface area contributed by atoms with Crippen LogP contribution in [-0.2, 0) is 0 Å². The van der Waals surface area contributed by atoms with E-state index in [2.05, 4.69) is 131 Å². The fourth-order valence-electron chi connectivity index (χ4n) is 6.78. The number of allylic oxidation sites excluding steroid dienone is 5. The third-order valence-corrected chi connectivity index (χ3v) is 8.82. The molecular weight excluding hydrogens is 558 g/mol. The van der Waals surface area contributed by atoms with Gasteiger partial charge in [0.2, 0.25) is 0 Å². The molecule has 3 nitrogen and oxygen atoms in total. The average molecular weight is 590 g/mol. The monoisotopic (exact) mass is 589 g/mol. The fraction of sp³-hybridized carbons (Fsp3) is 0.0233. The summed E-state index contributed by atoms with van der Waals surface area (Å²) in [5, 5.41) is 7.18. The molecule has 3 aromatic heterocycles. The van der Waals surface area contributed by atoms with Crippen LogP contribution in [0.1, 0.15) is 12.5 Å². The number of pyridine rings is 2. The first kappa shape index (κ1) is 27.5. The first-order chi connectivity index (χ1) is 22.8. The van der Waals surface area contributed by atoms with E-state index in [-0.39, 0.29) is 0 Å². The lowest BCUT2D eigenvalue weighted by molar-refractivity contribution is 1.06. The van der Waals surface area contributed by atoms with Gasteiger partial charge in [0.05, 0.1) is 5.52 Å². The van der Waals surface area contributed by atoms with Gasteiger partial charge in [0.25, 0.3) is 0 Å². The largest absolute Gasteiger partial charge is 0.278 e. The topological polar surface area (TPSA) is 30.7 Å². The van der Waals surface area contributed by atoms with E-state index in [1.54, 1.807) is 0 Å². The molecular formula is C43H31N3. The molecule has 8 rings (SSSR count). The molecule has 0 aliphatic rings. The molecule has 3 heterocycles. The van der Waals surface area contributed by atoms with Crippen molar-refractivity contribution in [3.63, 3.8) is 0 Å². The Morgan fingerprint density at radius 2 is 1.24 bits per heavy atom. The standard InChI is InChI=1S/C43H31N3/c1-3-5-13-29(4-2)41-33-14-6-8-16-35(33)42(36-17-9-7-15-34(36)41)31-22-20-30(21-23-31)32-24-25-39-38(28-32)37-18-12-27-45-43(37)46(39)40-19-10-11-26-44-40/h3-28H,2H2,1H3/b5-3-,29-13+. The zero-order valence-corrected chi connectivity index (χ0v) is 25.6. The van der Waals surface area contributed by atoms with Gasteiger partial charge in [0.15, 0.2) is 0 Å². The molecule has 0 radical (unpaired) electrons. The summed E-state index contributed by atoms with van der Waals surface area (Å²) in [6.07, 6.45) is 11.9. The molecule has 3 heteroatoms. The molecule has 218 valence electrons. The second-order valence-corrected chi connectivity index (χ2v) is 11.4. The molecule has 0 amide bonds. The fourth-order valence-corrected chi connectivity index (χ4v) is 6.78. The Morgan fingerprint density at radius 1 is 0.609 bits per heavy atom. The van der Waals surface area contributed by atoms with Crippen LogP contribution in [0.5, 0.6) is 0 Å². The zero-order valence-electron chi connectivity index (χ0n) is 25.6. The second kappa shape index (κ2) is 11.5. The molecule has 0 aliphatic heterocycles. The van der Waals surface area contributed by atoms with Crippen LogP contribution in [-0.4, -0.2) is 14.5 Å². The molecule has 0 spiro atoms. The van der Waals surface area contributed by atoms with Gasteiger partial charge in [-0.2, -0.15) is 0 Å². The van der Waals surface area contributed by atoms with Crippen molar-refractivity contribution in [3.05, 3.63) is 170 Å². The van der Waals surface area contributed by atoms with Gasteiger partial charge in [-0.25, -0.2) is 9.97 Å². The normalized spacial score (nSPS) is 12.2. The average Bonchev–Trinajstić information content (AvgIpc) is 3.45. The summed E-state index contributed by atoms with van der Waals surface area (Å²) in [6, 6.07) is 43.2. The lowest BCUT2D eigenvalue weighted by Gasteiger charge is -2.18. The molecule has 0 unspecified atom stereocenters. The highest BCUT2D eigenvalue weighted by atomic mass is 15.1.